The molecule has 2 heterocycles. The minimum absolute atomic E-state index is 0.0227. The number of nitrogens with zero attached hydrogens (tertiary/aromatic N) is 2. The number of aromatic nitrogens is 1. The Labute approximate surface area is 154 Å². The smallest absolute Gasteiger partial charge is 0.223 e. The highest BCUT2D eigenvalue weighted by Crippen LogP contribution is 2.24. The maximum Gasteiger partial charge on any atom is 0.223 e. The van der Waals surface area contributed by atoms with Gasteiger partial charge in [-0.05, 0) is 36.1 Å². The predicted molar refractivity (Wildman–Crippen MR) is 95.7 cm³/mol. The molecule has 0 spiro atoms. The SMILES string of the molecule is Cc1ccsc1CN(C)C(=O)CCc1ncc(-c2ccc(F)cc2F)o1. The first-order valence-corrected chi connectivity index (χ1v) is 8.99. The molecule has 0 unspecified atom stereocenters. The lowest BCUT2D eigenvalue weighted by Gasteiger charge is -2.16. The van der Waals surface area contributed by atoms with Crippen LogP contribution in [0.4, 0.5) is 8.78 Å². The van der Waals surface area contributed by atoms with E-state index in [0.717, 1.165) is 17.0 Å². The zero-order valence-corrected chi connectivity index (χ0v) is 15.3. The lowest BCUT2D eigenvalue weighted by molar-refractivity contribution is -0.130. The van der Waals surface area contributed by atoms with Crippen LogP contribution in [0, 0.1) is 18.6 Å². The number of hydrogen-bond acceptors (Lipinski definition) is 4. The van der Waals surface area contributed by atoms with Gasteiger partial charge in [0.25, 0.3) is 0 Å². The van der Waals surface area contributed by atoms with E-state index >= 15 is 0 Å². The fraction of sp³-hybridized carbons (Fsp3) is 0.263. The Morgan fingerprint density at radius 1 is 1.31 bits per heavy atom. The summed E-state index contributed by atoms with van der Waals surface area (Å²) in [6.45, 7) is 2.59. The molecule has 0 aliphatic rings. The molecule has 0 aliphatic carbocycles. The number of carbonyl (C=O) groups excluding carboxylic acids is 1. The highest BCUT2D eigenvalue weighted by molar-refractivity contribution is 7.10. The molecule has 4 nitrogen and oxygen atoms in total. The van der Waals surface area contributed by atoms with E-state index in [-0.39, 0.29) is 23.7 Å². The van der Waals surface area contributed by atoms with Gasteiger partial charge in [-0.3, -0.25) is 4.79 Å². The van der Waals surface area contributed by atoms with Crippen LogP contribution in [-0.2, 0) is 17.8 Å². The van der Waals surface area contributed by atoms with Gasteiger partial charge in [-0.1, -0.05) is 0 Å². The molecule has 2 aromatic heterocycles. The second-order valence-corrected chi connectivity index (χ2v) is 7.02. The normalized spacial score (nSPS) is 10.9. The van der Waals surface area contributed by atoms with Crippen LogP contribution >= 0.6 is 11.3 Å². The van der Waals surface area contributed by atoms with Gasteiger partial charge in [0.2, 0.25) is 5.91 Å². The Bertz CT molecular complexity index is 920. The minimum Gasteiger partial charge on any atom is -0.441 e. The Hall–Kier alpha value is -2.54. The monoisotopic (exact) mass is 376 g/mol. The molecule has 0 saturated heterocycles. The molecule has 0 N–H and O–H groups in total. The Morgan fingerprint density at radius 2 is 2.12 bits per heavy atom. The summed E-state index contributed by atoms with van der Waals surface area (Å²) < 4.78 is 32.3. The van der Waals surface area contributed by atoms with Crippen LogP contribution in [0.5, 0.6) is 0 Å². The van der Waals surface area contributed by atoms with Gasteiger partial charge in [-0.2, -0.15) is 0 Å². The molecule has 136 valence electrons. The largest absolute Gasteiger partial charge is 0.441 e. The average molecular weight is 376 g/mol. The van der Waals surface area contributed by atoms with Gasteiger partial charge in [0, 0.05) is 30.8 Å². The molecule has 1 aromatic carbocycles. The van der Waals surface area contributed by atoms with Gasteiger partial charge in [0.1, 0.15) is 11.6 Å². The number of amides is 1. The summed E-state index contributed by atoms with van der Waals surface area (Å²) in [5.74, 6) is -0.828. The van der Waals surface area contributed by atoms with E-state index in [4.69, 9.17) is 4.42 Å². The first-order valence-electron chi connectivity index (χ1n) is 8.11. The van der Waals surface area contributed by atoms with Gasteiger partial charge in [-0.15, -0.1) is 11.3 Å². The Morgan fingerprint density at radius 3 is 2.81 bits per heavy atom. The second-order valence-electron chi connectivity index (χ2n) is 6.02. The molecule has 3 aromatic rings. The van der Waals surface area contributed by atoms with E-state index in [9.17, 15) is 13.6 Å². The van der Waals surface area contributed by atoms with Crippen molar-refractivity contribution in [2.45, 2.75) is 26.3 Å². The first-order chi connectivity index (χ1) is 12.4. The third kappa shape index (κ3) is 4.16. The van der Waals surface area contributed by atoms with Crippen molar-refractivity contribution in [3.63, 3.8) is 0 Å². The van der Waals surface area contributed by atoms with E-state index in [2.05, 4.69) is 4.98 Å². The van der Waals surface area contributed by atoms with Gasteiger partial charge < -0.3 is 9.32 Å². The van der Waals surface area contributed by atoms with Gasteiger partial charge in [0.05, 0.1) is 18.3 Å². The predicted octanol–water partition coefficient (Wildman–Crippen LogP) is 4.58. The van der Waals surface area contributed by atoms with Crippen molar-refractivity contribution >= 4 is 17.2 Å². The summed E-state index contributed by atoms with van der Waals surface area (Å²) in [6.07, 6.45) is 1.94. The topological polar surface area (TPSA) is 46.3 Å². The fourth-order valence-corrected chi connectivity index (χ4v) is 3.47. The van der Waals surface area contributed by atoms with Crippen molar-refractivity contribution in [2.75, 3.05) is 7.05 Å². The lowest BCUT2D eigenvalue weighted by atomic mass is 10.2. The number of benzene rings is 1. The molecular weight excluding hydrogens is 358 g/mol. The quantitative estimate of drug-likeness (QED) is 0.633. The summed E-state index contributed by atoms with van der Waals surface area (Å²) in [5, 5.41) is 2.01. The van der Waals surface area contributed by atoms with E-state index < -0.39 is 11.6 Å². The van der Waals surface area contributed by atoms with Crippen LogP contribution in [-0.4, -0.2) is 22.8 Å². The van der Waals surface area contributed by atoms with Crippen LogP contribution in [0.15, 0.2) is 40.3 Å². The first kappa shape index (κ1) is 18.3. The van der Waals surface area contributed by atoms with E-state index in [1.54, 1.807) is 23.3 Å². The second kappa shape index (κ2) is 7.78. The van der Waals surface area contributed by atoms with E-state index in [1.807, 2.05) is 18.4 Å². The van der Waals surface area contributed by atoms with Crippen molar-refractivity contribution in [3.05, 3.63) is 63.8 Å². The molecule has 0 atom stereocenters. The van der Waals surface area contributed by atoms with Crippen molar-refractivity contribution in [3.8, 4) is 11.3 Å². The zero-order chi connectivity index (χ0) is 18.7. The van der Waals surface area contributed by atoms with Crippen LogP contribution in [0.2, 0.25) is 0 Å². The summed E-state index contributed by atoms with van der Waals surface area (Å²) in [4.78, 5) is 19.2. The maximum atomic E-state index is 13.8. The molecular formula is C19H18F2N2O2S. The number of aryl methyl sites for hydroxylation is 2. The molecule has 0 aliphatic heterocycles. The molecule has 3 rings (SSSR count). The average Bonchev–Trinajstić information content (AvgIpc) is 3.22. The van der Waals surface area contributed by atoms with Crippen molar-refractivity contribution in [2.24, 2.45) is 0 Å². The molecule has 0 bridgehead atoms. The van der Waals surface area contributed by atoms with Gasteiger partial charge >= 0.3 is 0 Å². The van der Waals surface area contributed by atoms with Crippen molar-refractivity contribution in [1.29, 1.82) is 0 Å². The van der Waals surface area contributed by atoms with Crippen LogP contribution in [0.3, 0.4) is 0 Å². The van der Waals surface area contributed by atoms with Gasteiger partial charge in [-0.25, -0.2) is 13.8 Å². The number of hydrogen-bond donors (Lipinski definition) is 0. The Balaban J connectivity index is 1.59. The summed E-state index contributed by atoms with van der Waals surface area (Å²) >= 11 is 1.63. The summed E-state index contributed by atoms with van der Waals surface area (Å²) in [6, 6.07) is 5.28. The molecule has 26 heavy (non-hydrogen) atoms. The Kier molecular flexibility index (Phi) is 5.46. The van der Waals surface area contributed by atoms with Crippen molar-refractivity contribution in [1.82, 2.24) is 9.88 Å². The van der Waals surface area contributed by atoms with Crippen LogP contribution in [0.25, 0.3) is 11.3 Å². The third-order valence-electron chi connectivity index (χ3n) is 4.08. The van der Waals surface area contributed by atoms with Crippen molar-refractivity contribution < 1.29 is 18.0 Å². The summed E-state index contributed by atoms with van der Waals surface area (Å²) in [5.41, 5.74) is 1.31. The number of thiophene rings is 1. The standard InChI is InChI=1S/C19H18F2N2O2S/c1-12-7-8-26-17(12)11-23(2)19(24)6-5-18-22-10-16(25-18)14-4-3-13(20)9-15(14)21/h3-4,7-10H,5-6,11H2,1-2H3. The lowest BCUT2D eigenvalue weighted by Crippen LogP contribution is -2.26. The van der Waals surface area contributed by atoms with E-state index in [1.165, 1.54) is 17.8 Å². The number of rotatable bonds is 6. The van der Waals surface area contributed by atoms with E-state index in [0.29, 0.717) is 18.9 Å². The number of oxazole rings is 1. The minimum atomic E-state index is -0.713. The number of halogens is 2. The highest BCUT2D eigenvalue weighted by Gasteiger charge is 2.15. The van der Waals surface area contributed by atoms with Crippen LogP contribution < -0.4 is 0 Å². The maximum absolute atomic E-state index is 13.8. The summed E-state index contributed by atoms with van der Waals surface area (Å²) in [7, 11) is 1.76. The molecule has 0 fully saturated rings. The third-order valence-corrected chi connectivity index (χ3v) is 5.09. The molecule has 0 saturated carbocycles. The molecule has 1 amide bonds. The highest BCUT2D eigenvalue weighted by atomic mass is 32.1. The van der Waals surface area contributed by atoms with Gasteiger partial charge in [0.15, 0.2) is 11.7 Å². The van der Waals surface area contributed by atoms with Crippen LogP contribution in [0.1, 0.15) is 22.8 Å². The fourth-order valence-electron chi connectivity index (χ4n) is 2.51. The number of carbonyl (C=O) groups is 1. The molecule has 7 heteroatoms. The molecule has 0 radical (unpaired) electrons. The zero-order valence-electron chi connectivity index (χ0n) is 14.5.